The summed E-state index contributed by atoms with van der Waals surface area (Å²) < 4.78 is 3.32. The molecule has 11 nitrogen and oxygen atoms in total. The molecule has 2 aromatic carbocycles. The fraction of sp³-hybridized carbons (Fsp3) is 0.0800. The van der Waals surface area contributed by atoms with Crippen LogP contribution in [0.25, 0.3) is 22.8 Å². The van der Waals surface area contributed by atoms with Crippen molar-refractivity contribution in [2.45, 2.75) is 13.1 Å². The zero-order chi connectivity index (χ0) is 25.1. The maximum atomic E-state index is 11.0. The van der Waals surface area contributed by atoms with Crippen LogP contribution in [-0.4, -0.2) is 57.1 Å². The van der Waals surface area contributed by atoms with Gasteiger partial charge in [-0.15, -0.1) is 10.2 Å². The van der Waals surface area contributed by atoms with Crippen LogP contribution in [0.2, 0.25) is 0 Å². The van der Waals surface area contributed by atoms with Crippen LogP contribution in [-0.2, 0) is 13.1 Å². The number of aromatic carboxylic acids is 2. The molecule has 0 bridgehead atoms. The van der Waals surface area contributed by atoms with Gasteiger partial charge in [0.1, 0.15) is 11.4 Å². The van der Waals surface area contributed by atoms with Gasteiger partial charge in [0.25, 0.3) is 0 Å². The zero-order valence-electron chi connectivity index (χ0n) is 18.8. The molecule has 0 radical (unpaired) electrons. The molecule has 0 amide bonds. The van der Waals surface area contributed by atoms with Crippen molar-refractivity contribution in [3.8, 4) is 22.8 Å². The van der Waals surface area contributed by atoms with Crippen molar-refractivity contribution in [1.82, 2.24) is 35.0 Å². The Bertz CT molecular complexity index is 1430. The third kappa shape index (κ3) is 4.99. The summed E-state index contributed by atoms with van der Waals surface area (Å²) in [5, 5.41) is 34.8. The summed E-state index contributed by atoms with van der Waals surface area (Å²) in [5.41, 5.74) is 4.67. The van der Waals surface area contributed by atoms with E-state index in [2.05, 4.69) is 25.6 Å². The molecular weight excluding hydrogens is 462 g/mol. The van der Waals surface area contributed by atoms with Gasteiger partial charge >= 0.3 is 11.9 Å². The lowest BCUT2D eigenvalue weighted by molar-refractivity contribution is 0.0686. The molecule has 0 saturated heterocycles. The van der Waals surface area contributed by atoms with E-state index in [1.807, 2.05) is 18.2 Å². The number of rotatable bonds is 8. The monoisotopic (exact) mass is 481 g/mol. The summed E-state index contributed by atoms with van der Waals surface area (Å²) in [5.74, 6) is -1.94. The number of hydrogen-bond donors (Lipinski definition) is 2. The summed E-state index contributed by atoms with van der Waals surface area (Å²) in [7, 11) is 0. The van der Waals surface area contributed by atoms with Gasteiger partial charge in [0.2, 0.25) is 0 Å². The van der Waals surface area contributed by atoms with Gasteiger partial charge in [-0.3, -0.25) is 0 Å². The van der Waals surface area contributed by atoms with Crippen LogP contribution >= 0.6 is 0 Å². The van der Waals surface area contributed by atoms with E-state index in [1.54, 1.807) is 70.3 Å². The number of aromatic nitrogens is 7. The quantitative estimate of drug-likeness (QED) is 0.341. The lowest BCUT2D eigenvalue weighted by atomic mass is 10.1. The van der Waals surface area contributed by atoms with E-state index in [1.165, 1.54) is 0 Å². The average Bonchev–Trinajstić information content (AvgIpc) is 3.55. The minimum Gasteiger partial charge on any atom is -0.478 e. The highest BCUT2D eigenvalue weighted by atomic mass is 16.4. The largest absolute Gasteiger partial charge is 0.478 e. The van der Waals surface area contributed by atoms with Crippen LogP contribution in [0.5, 0.6) is 0 Å². The van der Waals surface area contributed by atoms with Crippen molar-refractivity contribution in [2.75, 3.05) is 0 Å². The van der Waals surface area contributed by atoms with Gasteiger partial charge in [0.05, 0.1) is 48.0 Å². The molecule has 3 heterocycles. The van der Waals surface area contributed by atoms with Crippen molar-refractivity contribution in [1.29, 1.82) is 0 Å². The number of carboxylic acid groups (broad SMARTS) is 2. The first-order valence-corrected chi connectivity index (χ1v) is 10.9. The third-order valence-electron chi connectivity index (χ3n) is 5.44. The lowest BCUT2D eigenvalue weighted by Crippen LogP contribution is -2.01. The summed E-state index contributed by atoms with van der Waals surface area (Å²) in [6.07, 6.45) is 3.55. The fourth-order valence-corrected chi connectivity index (χ4v) is 3.59. The Balaban J connectivity index is 1.29. The van der Waals surface area contributed by atoms with Gasteiger partial charge in [-0.1, -0.05) is 40.8 Å². The highest BCUT2D eigenvalue weighted by Gasteiger charge is 2.11. The van der Waals surface area contributed by atoms with Crippen LogP contribution in [0.3, 0.4) is 0 Å². The summed E-state index contributed by atoms with van der Waals surface area (Å²) in [6.45, 7) is 0.878. The molecule has 5 rings (SSSR count). The third-order valence-corrected chi connectivity index (χ3v) is 5.44. The molecule has 0 saturated carbocycles. The summed E-state index contributed by atoms with van der Waals surface area (Å²) in [4.78, 5) is 26.7. The van der Waals surface area contributed by atoms with E-state index in [9.17, 15) is 9.59 Å². The molecule has 5 aromatic rings. The van der Waals surface area contributed by atoms with Crippen molar-refractivity contribution < 1.29 is 19.8 Å². The first-order chi connectivity index (χ1) is 17.4. The van der Waals surface area contributed by atoms with Crippen LogP contribution in [0.15, 0.2) is 79.1 Å². The topological polar surface area (TPSA) is 149 Å². The lowest BCUT2D eigenvalue weighted by Gasteiger charge is -2.02. The van der Waals surface area contributed by atoms with Crippen LogP contribution in [0, 0.1) is 0 Å². The first kappa shape index (κ1) is 22.6. The minimum absolute atomic E-state index is 0.229. The minimum atomic E-state index is -0.968. The predicted molar refractivity (Wildman–Crippen MR) is 127 cm³/mol. The highest BCUT2D eigenvalue weighted by molar-refractivity contribution is 5.88. The SMILES string of the molecule is O=C(O)c1ccc(Cn2cc(-c3cccc(-c4cn(Cc5ccc(C(=O)O)cc5)nn4)n3)nn2)cc1. The smallest absolute Gasteiger partial charge is 0.335 e. The van der Waals surface area contributed by atoms with Crippen LogP contribution < -0.4 is 0 Å². The number of carbonyl (C=O) groups is 2. The Hall–Kier alpha value is -5.19. The molecule has 3 aromatic heterocycles. The van der Waals surface area contributed by atoms with Gasteiger partial charge in [-0.25, -0.2) is 23.9 Å². The second-order valence-corrected chi connectivity index (χ2v) is 8.01. The molecule has 11 heteroatoms. The van der Waals surface area contributed by atoms with Crippen LogP contribution in [0.4, 0.5) is 0 Å². The predicted octanol–water partition coefficient (Wildman–Crippen LogP) is 3.09. The molecular formula is C25H19N7O4. The van der Waals surface area contributed by atoms with E-state index in [0.29, 0.717) is 35.9 Å². The van der Waals surface area contributed by atoms with Gasteiger partial charge in [-0.05, 0) is 47.5 Å². The summed E-state index contributed by atoms with van der Waals surface area (Å²) >= 11 is 0. The Morgan fingerprint density at radius 1 is 0.611 bits per heavy atom. The Kier molecular flexibility index (Phi) is 6.02. The first-order valence-electron chi connectivity index (χ1n) is 10.9. The van der Waals surface area contributed by atoms with Gasteiger partial charge in [0, 0.05) is 0 Å². The Morgan fingerprint density at radius 2 is 1.03 bits per heavy atom. The fourth-order valence-electron chi connectivity index (χ4n) is 3.59. The van der Waals surface area contributed by atoms with E-state index >= 15 is 0 Å². The van der Waals surface area contributed by atoms with E-state index in [4.69, 9.17) is 10.2 Å². The molecule has 0 aliphatic heterocycles. The van der Waals surface area contributed by atoms with Crippen molar-refractivity contribution in [3.05, 3.63) is 101 Å². The molecule has 0 atom stereocenters. The van der Waals surface area contributed by atoms with Gasteiger partial charge < -0.3 is 10.2 Å². The van der Waals surface area contributed by atoms with E-state index in [-0.39, 0.29) is 11.1 Å². The number of hydrogen-bond acceptors (Lipinski definition) is 7. The Morgan fingerprint density at radius 3 is 1.42 bits per heavy atom. The number of nitrogens with zero attached hydrogens (tertiary/aromatic N) is 7. The van der Waals surface area contributed by atoms with Crippen molar-refractivity contribution in [3.63, 3.8) is 0 Å². The standard InChI is InChI=1S/C25H19N7O4/c33-24(34)18-8-4-16(5-9-18)12-31-14-22(27-29-31)20-2-1-3-21(26-20)23-15-32(30-28-23)13-17-6-10-19(11-7-17)25(35)36/h1-11,14-15H,12-13H2,(H,33,34)(H,35,36). The van der Waals surface area contributed by atoms with Gasteiger partial charge in [-0.2, -0.15) is 0 Å². The molecule has 0 aliphatic rings. The number of carboxylic acids is 2. The van der Waals surface area contributed by atoms with Crippen molar-refractivity contribution in [2.24, 2.45) is 0 Å². The molecule has 36 heavy (non-hydrogen) atoms. The molecule has 0 spiro atoms. The zero-order valence-corrected chi connectivity index (χ0v) is 18.8. The average molecular weight is 481 g/mol. The number of pyridine rings is 1. The maximum absolute atomic E-state index is 11.0. The molecule has 0 fully saturated rings. The maximum Gasteiger partial charge on any atom is 0.335 e. The Labute approximate surface area is 204 Å². The highest BCUT2D eigenvalue weighted by Crippen LogP contribution is 2.20. The second-order valence-electron chi connectivity index (χ2n) is 8.01. The molecule has 2 N–H and O–H groups in total. The molecule has 178 valence electrons. The number of benzene rings is 2. The van der Waals surface area contributed by atoms with Crippen LogP contribution in [0.1, 0.15) is 31.8 Å². The van der Waals surface area contributed by atoms with E-state index in [0.717, 1.165) is 11.1 Å². The molecule has 0 unspecified atom stereocenters. The second kappa shape index (κ2) is 9.58. The normalized spacial score (nSPS) is 10.9. The van der Waals surface area contributed by atoms with E-state index < -0.39 is 11.9 Å². The van der Waals surface area contributed by atoms with Gasteiger partial charge in [0.15, 0.2) is 0 Å². The van der Waals surface area contributed by atoms with Crippen molar-refractivity contribution >= 4 is 11.9 Å². The summed E-state index contributed by atoms with van der Waals surface area (Å²) in [6, 6.07) is 18.7. The molecule has 0 aliphatic carbocycles.